The number of rotatable bonds is 31. The zero-order valence-corrected chi connectivity index (χ0v) is 55.6. The Hall–Kier alpha value is -6.66. The van der Waals surface area contributed by atoms with Crippen molar-refractivity contribution in [1.29, 1.82) is 0 Å². The third kappa shape index (κ3) is 16.0. The summed E-state index contributed by atoms with van der Waals surface area (Å²) in [6.07, 6.45) is 14.9. The number of esters is 1. The monoisotopic (exact) mass is 1230 g/mol. The normalized spacial score (nSPS) is 11.9. The van der Waals surface area contributed by atoms with Crippen molar-refractivity contribution in [3.63, 3.8) is 0 Å². The lowest BCUT2D eigenvalue weighted by Crippen LogP contribution is -2.26. The zero-order chi connectivity index (χ0) is 60.9. The van der Waals surface area contributed by atoms with Gasteiger partial charge in [0.1, 0.15) is 12.4 Å². The molecule has 0 atom stereocenters. The summed E-state index contributed by atoms with van der Waals surface area (Å²) < 4.78 is 14.3. The van der Waals surface area contributed by atoms with Crippen LogP contribution in [0.3, 0.4) is 0 Å². The third-order valence-electron chi connectivity index (χ3n) is 17.2. The predicted molar refractivity (Wildman–Crippen MR) is 377 cm³/mol. The second-order valence-corrected chi connectivity index (χ2v) is 28.6. The molecule has 0 N–H and O–H groups in total. The third-order valence-corrected chi connectivity index (χ3v) is 21.7. The minimum Gasteiger partial charge on any atom is -0.463 e. The quantitative estimate of drug-likeness (QED) is 0.0319. The van der Waals surface area contributed by atoms with Gasteiger partial charge in [-0.15, -0.1) is 45.3 Å². The summed E-state index contributed by atoms with van der Waals surface area (Å²) >= 11 is 7.27. The number of anilines is 6. The first-order chi connectivity index (χ1) is 42.2. The Kier molecular flexibility index (Phi) is 21.5. The number of benzene rings is 6. The number of aryl methyl sites for hydroxylation is 4. The van der Waals surface area contributed by atoms with E-state index in [9.17, 15) is 9.59 Å². The number of ketones is 1. The molecule has 0 aliphatic carbocycles. The number of nitrogens with zero attached hydrogens (tertiary/aromatic N) is 2. The van der Waals surface area contributed by atoms with E-state index >= 15 is 0 Å². The first-order valence-corrected chi connectivity index (χ1v) is 35.0. The van der Waals surface area contributed by atoms with Crippen LogP contribution in [0.5, 0.6) is 0 Å². The standard InChI is InChI=1S/C77H86N2O4S4/c1-9-11-13-14-16-47-77(7,8)83-49-48-82-73(81)45-28-57-26-35-61(36-27-57)79(63-39-31-59(32-40-63)69-22-19-51-85-69)65-42-44-71-67(53-65)55(4)75(87-71)74-54(3)66-52-64(41-43-70(66)86-74)78(62-37-29-58(30-38-62)68-21-18-50-84-68)60-33-24-56(25-34-60)20-17-23-72(80)76(5,6)46-15-12-10-2/h18-19,21-22,24-27,29-44,50-53H,9-17,20,23,28,45-49H2,1-8H3. The predicted octanol–water partition coefficient (Wildman–Crippen LogP) is 23.9. The van der Waals surface area contributed by atoms with Crippen LogP contribution in [-0.4, -0.2) is 30.6 Å². The maximum atomic E-state index is 13.3. The Morgan fingerprint density at radius 2 is 0.920 bits per heavy atom. The van der Waals surface area contributed by atoms with Gasteiger partial charge in [-0.05, 0) is 212 Å². The van der Waals surface area contributed by atoms with Crippen molar-refractivity contribution >= 4 is 111 Å². The van der Waals surface area contributed by atoms with E-state index in [2.05, 4.69) is 234 Å². The molecule has 4 heterocycles. The summed E-state index contributed by atoms with van der Waals surface area (Å²) in [6.45, 7) is 18.2. The van der Waals surface area contributed by atoms with Crippen LogP contribution in [0.25, 0.3) is 50.8 Å². The molecule has 0 bridgehead atoms. The molecule has 0 aliphatic rings. The largest absolute Gasteiger partial charge is 0.463 e. The lowest BCUT2D eigenvalue weighted by Gasteiger charge is -2.26. The lowest BCUT2D eigenvalue weighted by atomic mass is 9.80. The molecule has 10 rings (SSSR count). The number of unbranched alkanes of at least 4 members (excludes halogenated alkanes) is 6. The molecular weight excluding hydrogens is 1150 g/mol. The van der Waals surface area contributed by atoms with Crippen molar-refractivity contribution in [2.45, 2.75) is 157 Å². The second-order valence-electron chi connectivity index (χ2n) is 24.6. The molecule has 4 aromatic heterocycles. The van der Waals surface area contributed by atoms with Crippen LogP contribution >= 0.6 is 45.3 Å². The summed E-state index contributed by atoms with van der Waals surface area (Å²) in [5.74, 6) is 0.182. The highest BCUT2D eigenvalue weighted by Gasteiger charge is 2.27. The van der Waals surface area contributed by atoms with Crippen LogP contribution in [-0.2, 0) is 31.9 Å². The molecule has 0 amide bonds. The van der Waals surface area contributed by atoms with Gasteiger partial charge in [-0.25, -0.2) is 0 Å². The van der Waals surface area contributed by atoms with Crippen molar-refractivity contribution in [1.82, 2.24) is 0 Å². The number of hydrogen-bond donors (Lipinski definition) is 0. The Labute approximate surface area is 533 Å². The molecule has 87 heavy (non-hydrogen) atoms. The van der Waals surface area contributed by atoms with Gasteiger partial charge in [0.05, 0.1) is 12.2 Å². The number of Topliss-reactive ketones (excluding diaryl/α,β-unsaturated/α-hetero) is 1. The summed E-state index contributed by atoms with van der Waals surface area (Å²) in [5, 5.41) is 6.76. The summed E-state index contributed by atoms with van der Waals surface area (Å²) in [5.41, 5.74) is 13.3. The van der Waals surface area contributed by atoms with E-state index in [1.54, 1.807) is 22.7 Å². The summed E-state index contributed by atoms with van der Waals surface area (Å²) in [4.78, 5) is 36.1. The van der Waals surface area contributed by atoms with E-state index in [0.717, 1.165) is 78.2 Å². The van der Waals surface area contributed by atoms with Gasteiger partial charge < -0.3 is 19.3 Å². The Morgan fingerprint density at radius 1 is 0.471 bits per heavy atom. The number of thiophene rings is 4. The smallest absolute Gasteiger partial charge is 0.306 e. The van der Waals surface area contributed by atoms with Gasteiger partial charge in [-0.1, -0.05) is 140 Å². The molecule has 0 radical (unpaired) electrons. The Morgan fingerprint density at radius 3 is 1.40 bits per heavy atom. The maximum absolute atomic E-state index is 13.3. The summed E-state index contributed by atoms with van der Waals surface area (Å²) in [7, 11) is 0. The first kappa shape index (κ1) is 63.4. The van der Waals surface area contributed by atoms with E-state index in [0.29, 0.717) is 31.7 Å². The molecule has 0 spiro atoms. The molecule has 0 saturated carbocycles. The van der Waals surface area contributed by atoms with Crippen molar-refractivity contribution < 1.29 is 19.1 Å². The second kappa shape index (κ2) is 29.6. The first-order valence-electron chi connectivity index (χ1n) is 31.6. The van der Waals surface area contributed by atoms with Gasteiger partial charge in [-0.3, -0.25) is 9.59 Å². The van der Waals surface area contributed by atoms with Crippen LogP contribution < -0.4 is 9.80 Å². The Bertz CT molecular complexity index is 3820. The van der Waals surface area contributed by atoms with Gasteiger partial charge in [0.25, 0.3) is 0 Å². The zero-order valence-electron chi connectivity index (χ0n) is 52.3. The fourth-order valence-corrected chi connectivity index (χ4v) is 15.9. The van der Waals surface area contributed by atoms with Crippen LogP contribution in [0, 0.1) is 19.3 Å². The molecule has 0 aliphatic heterocycles. The van der Waals surface area contributed by atoms with Gasteiger partial charge in [-0.2, -0.15) is 0 Å². The molecule has 0 saturated heterocycles. The fourth-order valence-electron chi connectivity index (χ4n) is 11.8. The minimum absolute atomic E-state index is 0.201. The lowest BCUT2D eigenvalue weighted by molar-refractivity contribution is -0.147. The fraction of sp³-hybridized carbons (Fsp3) is 0.351. The van der Waals surface area contributed by atoms with Gasteiger partial charge in [0.2, 0.25) is 0 Å². The van der Waals surface area contributed by atoms with Crippen LogP contribution in [0.4, 0.5) is 34.1 Å². The number of hydrogen-bond acceptors (Lipinski definition) is 10. The van der Waals surface area contributed by atoms with E-state index < -0.39 is 0 Å². The average Bonchev–Trinajstić information content (AvgIpc) is 1.93. The average molecular weight is 1230 g/mol. The Balaban J connectivity index is 0.882. The van der Waals surface area contributed by atoms with Crippen molar-refractivity contribution in [3.8, 4) is 30.6 Å². The van der Waals surface area contributed by atoms with E-state index in [1.807, 2.05) is 22.7 Å². The van der Waals surface area contributed by atoms with Crippen LogP contribution in [0.15, 0.2) is 168 Å². The van der Waals surface area contributed by atoms with E-state index in [4.69, 9.17) is 9.47 Å². The minimum atomic E-state index is -0.260. The van der Waals surface area contributed by atoms with Gasteiger partial charge in [0, 0.05) is 81.3 Å². The SMILES string of the molecule is CCCCCCCC(C)(C)OCCOC(=O)CCc1ccc(N(c2ccc(-c3cccs3)cc2)c2ccc3sc(-c4sc5ccc(N(c6ccc(CCCC(=O)C(C)(C)CCCCC)cc6)c6ccc(-c7cccs7)cc6)cc5c4C)c(C)c3c2)cc1. The molecule has 6 aromatic carbocycles. The molecule has 452 valence electrons. The molecule has 10 aromatic rings. The molecule has 0 unspecified atom stereocenters. The van der Waals surface area contributed by atoms with Crippen molar-refractivity contribution in [2.75, 3.05) is 23.0 Å². The highest BCUT2D eigenvalue weighted by atomic mass is 32.1. The molecule has 6 nitrogen and oxygen atoms in total. The maximum Gasteiger partial charge on any atom is 0.306 e. The number of carbonyl (C=O) groups excluding carboxylic acids is 2. The molecule has 10 heteroatoms. The highest BCUT2D eigenvalue weighted by Crippen LogP contribution is 2.49. The molecule has 0 fully saturated rings. The van der Waals surface area contributed by atoms with Crippen LogP contribution in [0.2, 0.25) is 0 Å². The van der Waals surface area contributed by atoms with Gasteiger partial charge in [0.15, 0.2) is 0 Å². The topological polar surface area (TPSA) is 59.1 Å². The number of carbonyl (C=O) groups is 2. The highest BCUT2D eigenvalue weighted by molar-refractivity contribution is 7.28. The van der Waals surface area contributed by atoms with Crippen molar-refractivity contribution in [2.24, 2.45) is 5.41 Å². The van der Waals surface area contributed by atoms with E-state index in [1.165, 1.54) is 106 Å². The van der Waals surface area contributed by atoms with Crippen LogP contribution in [0.1, 0.15) is 147 Å². The summed E-state index contributed by atoms with van der Waals surface area (Å²) in [6, 6.07) is 57.9. The van der Waals surface area contributed by atoms with Gasteiger partial charge >= 0.3 is 5.97 Å². The van der Waals surface area contributed by atoms with Crippen molar-refractivity contribution in [3.05, 3.63) is 191 Å². The molecular formula is C77H86N2O4S4. The van der Waals surface area contributed by atoms with E-state index in [-0.39, 0.29) is 23.6 Å². The number of ether oxygens (including phenoxy) is 2. The number of fused-ring (bicyclic) bond motifs is 2.